The molecule has 1 fully saturated rings. The summed E-state index contributed by atoms with van der Waals surface area (Å²) in [4.78, 5) is 4.18. The minimum Gasteiger partial charge on any atom is -0.495 e. The van der Waals surface area contributed by atoms with Crippen molar-refractivity contribution in [3.8, 4) is 5.75 Å². The summed E-state index contributed by atoms with van der Waals surface area (Å²) in [5.74, 6) is 7.24. The number of rotatable bonds is 5. The number of ether oxygens (including phenoxy) is 1. The summed E-state index contributed by atoms with van der Waals surface area (Å²) in [6.45, 7) is 0. The fraction of sp³-hybridized carbons (Fsp3) is 0.615. The van der Waals surface area contributed by atoms with E-state index in [1.807, 2.05) is 12.3 Å². The molecule has 0 aliphatic heterocycles. The Labute approximate surface area is 103 Å². The number of nitrogens with two attached hydrogens (primary N) is 1. The van der Waals surface area contributed by atoms with Crippen molar-refractivity contribution >= 4 is 0 Å². The van der Waals surface area contributed by atoms with Crippen LogP contribution in [0.25, 0.3) is 0 Å². The van der Waals surface area contributed by atoms with Crippen molar-refractivity contribution in [1.29, 1.82) is 0 Å². The number of hydrazine groups is 1. The van der Waals surface area contributed by atoms with Gasteiger partial charge in [-0.2, -0.15) is 0 Å². The average molecular weight is 235 g/mol. The zero-order chi connectivity index (χ0) is 12.1. The smallest absolute Gasteiger partial charge is 0.137 e. The van der Waals surface area contributed by atoms with Crippen LogP contribution in [0.3, 0.4) is 0 Å². The third kappa shape index (κ3) is 3.17. The van der Waals surface area contributed by atoms with Crippen LogP contribution >= 0.6 is 0 Å². The fourth-order valence-corrected chi connectivity index (χ4v) is 2.62. The predicted molar refractivity (Wildman–Crippen MR) is 67.4 cm³/mol. The van der Waals surface area contributed by atoms with Crippen LogP contribution in [0.4, 0.5) is 0 Å². The third-order valence-electron chi connectivity index (χ3n) is 3.62. The van der Waals surface area contributed by atoms with Gasteiger partial charge in [0.05, 0.1) is 13.3 Å². The standard InChI is InChI=1S/C13H21N3O/c1-17-12-7-11(8-15-9-12)13(16-14)6-10-4-2-3-5-10/h7-10,13,16H,2-6,14H2,1H3. The van der Waals surface area contributed by atoms with E-state index in [9.17, 15) is 0 Å². The third-order valence-corrected chi connectivity index (χ3v) is 3.62. The molecule has 1 aliphatic rings. The SMILES string of the molecule is COc1cncc(C(CC2CCCC2)NN)c1. The van der Waals surface area contributed by atoms with E-state index < -0.39 is 0 Å². The molecule has 17 heavy (non-hydrogen) atoms. The molecule has 3 N–H and O–H groups in total. The highest BCUT2D eigenvalue weighted by Crippen LogP contribution is 2.33. The van der Waals surface area contributed by atoms with E-state index in [1.165, 1.54) is 25.7 Å². The van der Waals surface area contributed by atoms with E-state index in [0.717, 1.165) is 23.7 Å². The van der Waals surface area contributed by atoms with Gasteiger partial charge in [0.1, 0.15) is 5.75 Å². The summed E-state index contributed by atoms with van der Waals surface area (Å²) in [7, 11) is 1.66. The molecule has 1 aromatic rings. The Kier molecular flexibility index (Phi) is 4.34. The minimum atomic E-state index is 0.181. The van der Waals surface area contributed by atoms with Crippen molar-refractivity contribution in [2.75, 3.05) is 7.11 Å². The number of pyridine rings is 1. The van der Waals surface area contributed by atoms with Gasteiger partial charge < -0.3 is 4.74 Å². The summed E-state index contributed by atoms with van der Waals surface area (Å²) < 4.78 is 5.19. The van der Waals surface area contributed by atoms with Crippen molar-refractivity contribution in [3.05, 3.63) is 24.0 Å². The number of hydrogen-bond acceptors (Lipinski definition) is 4. The van der Waals surface area contributed by atoms with Gasteiger partial charge in [0.2, 0.25) is 0 Å². The molecule has 1 unspecified atom stereocenters. The lowest BCUT2D eigenvalue weighted by atomic mass is 9.95. The molecule has 0 bridgehead atoms. The van der Waals surface area contributed by atoms with Crippen LogP contribution < -0.4 is 16.0 Å². The van der Waals surface area contributed by atoms with Crippen LogP contribution in [-0.4, -0.2) is 12.1 Å². The first-order valence-electron chi connectivity index (χ1n) is 6.28. The Morgan fingerprint density at radius 1 is 1.47 bits per heavy atom. The van der Waals surface area contributed by atoms with Crippen LogP contribution in [0.1, 0.15) is 43.7 Å². The Balaban J connectivity index is 2.04. The van der Waals surface area contributed by atoms with Gasteiger partial charge in [0.15, 0.2) is 0 Å². The topological polar surface area (TPSA) is 60.2 Å². The molecule has 1 aromatic heterocycles. The number of nitrogens with one attached hydrogen (secondary N) is 1. The maximum Gasteiger partial charge on any atom is 0.137 e. The minimum absolute atomic E-state index is 0.181. The normalized spacial score (nSPS) is 18.2. The zero-order valence-electron chi connectivity index (χ0n) is 10.4. The van der Waals surface area contributed by atoms with Crippen molar-refractivity contribution < 1.29 is 4.74 Å². The summed E-state index contributed by atoms with van der Waals surface area (Å²) in [6, 6.07) is 2.19. The summed E-state index contributed by atoms with van der Waals surface area (Å²) in [6.07, 6.45) is 10.0. The molecular weight excluding hydrogens is 214 g/mol. The van der Waals surface area contributed by atoms with Gasteiger partial charge in [0, 0.05) is 12.2 Å². The van der Waals surface area contributed by atoms with Gasteiger partial charge in [-0.25, -0.2) is 0 Å². The van der Waals surface area contributed by atoms with Gasteiger partial charge in [-0.15, -0.1) is 0 Å². The Morgan fingerprint density at radius 2 is 2.24 bits per heavy atom. The molecule has 0 radical (unpaired) electrons. The van der Waals surface area contributed by atoms with Gasteiger partial charge in [-0.3, -0.25) is 16.3 Å². The first kappa shape index (κ1) is 12.3. The molecule has 1 aliphatic carbocycles. The molecule has 1 heterocycles. The lowest BCUT2D eigenvalue weighted by Crippen LogP contribution is -2.29. The van der Waals surface area contributed by atoms with Gasteiger partial charge in [-0.05, 0) is 24.0 Å². The predicted octanol–water partition coefficient (Wildman–Crippen LogP) is 2.17. The first-order valence-corrected chi connectivity index (χ1v) is 6.28. The van der Waals surface area contributed by atoms with Crippen LogP contribution in [0.2, 0.25) is 0 Å². The second-order valence-electron chi connectivity index (χ2n) is 4.76. The van der Waals surface area contributed by atoms with E-state index in [4.69, 9.17) is 10.6 Å². The number of nitrogens with zero attached hydrogens (tertiary/aromatic N) is 1. The lowest BCUT2D eigenvalue weighted by molar-refractivity contribution is 0.391. The van der Waals surface area contributed by atoms with E-state index >= 15 is 0 Å². The Bertz CT molecular complexity index is 350. The monoisotopic (exact) mass is 235 g/mol. The Hall–Kier alpha value is -1.13. The Morgan fingerprint density at radius 3 is 2.88 bits per heavy atom. The largest absolute Gasteiger partial charge is 0.495 e. The van der Waals surface area contributed by atoms with E-state index in [1.54, 1.807) is 13.3 Å². The van der Waals surface area contributed by atoms with E-state index in [-0.39, 0.29) is 6.04 Å². The zero-order valence-corrected chi connectivity index (χ0v) is 10.4. The molecule has 0 amide bonds. The van der Waals surface area contributed by atoms with E-state index in [0.29, 0.717) is 0 Å². The molecule has 94 valence electrons. The van der Waals surface area contributed by atoms with Gasteiger partial charge in [-0.1, -0.05) is 25.7 Å². The highest BCUT2D eigenvalue weighted by atomic mass is 16.5. The van der Waals surface area contributed by atoms with Crippen LogP contribution in [0, 0.1) is 5.92 Å². The number of hydrogen-bond donors (Lipinski definition) is 2. The van der Waals surface area contributed by atoms with Crippen molar-refractivity contribution in [2.24, 2.45) is 11.8 Å². The molecule has 0 aromatic carbocycles. The highest BCUT2D eigenvalue weighted by molar-refractivity contribution is 5.25. The second kappa shape index (κ2) is 5.98. The molecule has 4 heteroatoms. The van der Waals surface area contributed by atoms with Crippen molar-refractivity contribution in [3.63, 3.8) is 0 Å². The molecule has 0 saturated heterocycles. The molecule has 2 rings (SSSR count). The van der Waals surface area contributed by atoms with Crippen molar-refractivity contribution in [1.82, 2.24) is 10.4 Å². The van der Waals surface area contributed by atoms with E-state index in [2.05, 4.69) is 10.4 Å². The van der Waals surface area contributed by atoms with Crippen LogP contribution in [-0.2, 0) is 0 Å². The molecular formula is C13H21N3O. The maximum atomic E-state index is 5.66. The molecule has 1 atom stereocenters. The average Bonchev–Trinajstić information content (AvgIpc) is 2.89. The van der Waals surface area contributed by atoms with Crippen molar-refractivity contribution in [2.45, 2.75) is 38.1 Å². The lowest BCUT2D eigenvalue weighted by Gasteiger charge is -2.20. The molecule has 0 spiro atoms. The highest BCUT2D eigenvalue weighted by Gasteiger charge is 2.21. The maximum absolute atomic E-state index is 5.66. The molecule has 4 nitrogen and oxygen atoms in total. The molecule has 1 saturated carbocycles. The second-order valence-corrected chi connectivity index (χ2v) is 4.76. The summed E-state index contributed by atoms with van der Waals surface area (Å²) in [5.41, 5.74) is 4.01. The number of methoxy groups -OCH3 is 1. The van der Waals surface area contributed by atoms with Gasteiger partial charge in [0.25, 0.3) is 0 Å². The first-order chi connectivity index (χ1) is 8.33. The summed E-state index contributed by atoms with van der Waals surface area (Å²) >= 11 is 0. The fourth-order valence-electron chi connectivity index (χ4n) is 2.62. The quantitative estimate of drug-likeness (QED) is 0.606. The number of aromatic nitrogens is 1. The summed E-state index contributed by atoms with van der Waals surface area (Å²) in [5, 5.41) is 0. The van der Waals surface area contributed by atoms with Crippen LogP contribution in [0.5, 0.6) is 5.75 Å². The van der Waals surface area contributed by atoms with Gasteiger partial charge >= 0.3 is 0 Å². The van der Waals surface area contributed by atoms with Crippen LogP contribution in [0.15, 0.2) is 18.5 Å².